The van der Waals surface area contributed by atoms with E-state index in [-0.39, 0.29) is 11.3 Å². The van der Waals surface area contributed by atoms with Gasteiger partial charge in [-0.05, 0) is 61.5 Å². The van der Waals surface area contributed by atoms with E-state index in [1.54, 1.807) is 47.6 Å². The van der Waals surface area contributed by atoms with Crippen molar-refractivity contribution >= 4 is 17.4 Å². The minimum atomic E-state index is -0.707. The highest BCUT2D eigenvalue weighted by molar-refractivity contribution is 6.46. The SMILES string of the molecule is CCN(CC)CCN1C(=O)C(=O)/C(=C(/O)c2ccc(OCc3cccc(C)c3)cc2)[C@@H]1c1cccnc1. The van der Waals surface area contributed by atoms with Crippen molar-refractivity contribution in [3.63, 3.8) is 0 Å². The molecule has 192 valence electrons. The van der Waals surface area contributed by atoms with Gasteiger partial charge in [-0.15, -0.1) is 0 Å². The van der Waals surface area contributed by atoms with E-state index in [2.05, 4.69) is 29.8 Å². The number of aromatic nitrogens is 1. The number of carbonyl (C=O) groups is 2. The van der Waals surface area contributed by atoms with Crippen LogP contribution < -0.4 is 4.74 Å². The van der Waals surface area contributed by atoms with E-state index in [0.29, 0.717) is 36.6 Å². The third-order valence-electron chi connectivity index (χ3n) is 6.71. The second kappa shape index (κ2) is 11.8. The first-order chi connectivity index (χ1) is 17.9. The van der Waals surface area contributed by atoms with E-state index in [9.17, 15) is 14.7 Å². The van der Waals surface area contributed by atoms with Gasteiger partial charge >= 0.3 is 0 Å². The number of amides is 1. The smallest absolute Gasteiger partial charge is 0.295 e. The van der Waals surface area contributed by atoms with Crippen LogP contribution in [-0.4, -0.2) is 57.8 Å². The summed E-state index contributed by atoms with van der Waals surface area (Å²) >= 11 is 0. The van der Waals surface area contributed by atoms with Crippen LogP contribution in [0.15, 0.2) is 78.6 Å². The van der Waals surface area contributed by atoms with Gasteiger partial charge in [-0.25, -0.2) is 0 Å². The molecule has 37 heavy (non-hydrogen) atoms. The van der Waals surface area contributed by atoms with Gasteiger partial charge in [0, 0.05) is 31.0 Å². The van der Waals surface area contributed by atoms with Crippen LogP contribution in [0.2, 0.25) is 0 Å². The molecule has 0 spiro atoms. The third-order valence-corrected chi connectivity index (χ3v) is 6.71. The highest BCUT2D eigenvalue weighted by Crippen LogP contribution is 2.39. The highest BCUT2D eigenvalue weighted by atomic mass is 16.5. The van der Waals surface area contributed by atoms with Crippen molar-refractivity contribution < 1.29 is 19.4 Å². The molecule has 1 N–H and O–H groups in total. The Labute approximate surface area is 218 Å². The number of benzene rings is 2. The molecule has 0 radical (unpaired) electrons. The molecular formula is C30H33N3O4. The lowest BCUT2D eigenvalue weighted by atomic mass is 9.96. The number of likely N-dealkylation sites (tertiary alicyclic amines) is 1. The number of nitrogens with zero attached hydrogens (tertiary/aromatic N) is 3. The Bertz CT molecular complexity index is 1270. The summed E-state index contributed by atoms with van der Waals surface area (Å²) in [6.07, 6.45) is 3.28. The fourth-order valence-electron chi connectivity index (χ4n) is 4.62. The van der Waals surface area contributed by atoms with Crippen LogP contribution in [0.1, 0.15) is 42.1 Å². The van der Waals surface area contributed by atoms with Gasteiger partial charge in [-0.1, -0.05) is 49.7 Å². The van der Waals surface area contributed by atoms with E-state index < -0.39 is 17.7 Å². The number of aryl methyl sites for hydroxylation is 1. The molecule has 0 aliphatic carbocycles. The first-order valence-electron chi connectivity index (χ1n) is 12.6. The number of rotatable bonds is 10. The minimum absolute atomic E-state index is 0.0750. The molecule has 1 fully saturated rings. The van der Waals surface area contributed by atoms with Gasteiger partial charge in [0.05, 0.1) is 11.6 Å². The maximum atomic E-state index is 13.2. The average Bonchev–Trinajstić information content (AvgIpc) is 3.18. The van der Waals surface area contributed by atoms with Crippen LogP contribution in [0.25, 0.3) is 5.76 Å². The maximum absolute atomic E-state index is 13.2. The van der Waals surface area contributed by atoms with Gasteiger partial charge in [0.15, 0.2) is 0 Å². The van der Waals surface area contributed by atoms with Crippen LogP contribution in [-0.2, 0) is 16.2 Å². The number of pyridine rings is 1. The van der Waals surface area contributed by atoms with Gasteiger partial charge in [-0.2, -0.15) is 0 Å². The number of likely N-dealkylation sites (N-methyl/N-ethyl adjacent to an activating group) is 1. The van der Waals surface area contributed by atoms with E-state index in [4.69, 9.17) is 4.74 Å². The maximum Gasteiger partial charge on any atom is 0.295 e. The molecule has 7 nitrogen and oxygen atoms in total. The lowest BCUT2D eigenvalue weighted by Crippen LogP contribution is -2.38. The molecule has 1 amide bonds. The van der Waals surface area contributed by atoms with E-state index in [1.165, 1.54) is 0 Å². The molecule has 1 aliphatic heterocycles. The molecule has 0 saturated carbocycles. The predicted molar refractivity (Wildman–Crippen MR) is 143 cm³/mol. The zero-order chi connectivity index (χ0) is 26.4. The number of carbonyl (C=O) groups excluding carboxylic acids is 2. The molecular weight excluding hydrogens is 466 g/mol. The Balaban J connectivity index is 1.61. The number of hydrogen-bond donors (Lipinski definition) is 1. The molecule has 1 atom stereocenters. The summed E-state index contributed by atoms with van der Waals surface area (Å²) in [5, 5.41) is 11.3. The van der Waals surface area contributed by atoms with Crippen molar-refractivity contribution in [2.24, 2.45) is 0 Å². The van der Waals surface area contributed by atoms with Crippen LogP contribution in [0.4, 0.5) is 0 Å². The first kappa shape index (κ1) is 26.1. The average molecular weight is 500 g/mol. The molecule has 1 aromatic heterocycles. The second-order valence-corrected chi connectivity index (χ2v) is 9.11. The van der Waals surface area contributed by atoms with Crippen molar-refractivity contribution in [1.82, 2.24) is 14.8 Å². The number of ketones is 1. The van der Waals surface area contributed by atoms with Gasteiger partial charge in [0.1, 0.15) is 18.1 Å². The molecule has 7 heteroatoms. The van der Waals surface area contributed by atoms with E-state index in [0.717, 1.165) is 24.2 Å². The normalized spacial score (nSPS) is 17.0. The summed E-state index contributed by atoms with van der Waals surface area (Å²) in [6.45, 7) is 9.26. The van der Waals surface area contributed by atoms with Gasteiger partial charge in [0.2, 0.25) is 0 Å². The van der Waals surface area contributed by atoms with Crippen LogP contribution >= 0.6 is 0 Å². The number of hydrogen-bond acceptors (Lipinski definition) is 6. The van der Waals surface area contributed by atoms with Crippen molar-refractivity contribution in [1.29, 1.82) is 0 Å². The van der Waals surface area contributed by atoms with Gasteiger partial charge < -0.3 is 19.6 Å². The Hall–Kier alpha value is -3.97. The summed E-state index contributed by atoms with van der Waals surface area (Å²) in [6, 6.07) is 17.9. The Morgan fingerprint density at radius 2 is 1.81 bits per heavy atom. The summed E-state index contributed by atoms with van der Waals surface area (Å²) in [4.78, 5) is 34.2. The topological polar surface area (TPSA) is 83.0 Å². The zero-order valence-corrected chi connectivity index (χ0v) is 21.6. The summed E-state index contributed by atoms with van der Waals surface area (Å²) in [5.74, 6) is -0.865. The molecule has 0 unspecified atom stereocenters. The predicted octanol–water partition coefficient (Wildman–Crippen LogP) is 4.73. The first-order valence-corrected chi connectivity index (χ1v) is 12.6. The summed E-state index contributed by atoms with van der Waals surface area (Å²) in [5.41, 5.74) is 3.43. The highest BCUT2D eigenvalue weighted by Gasteiger charge is 2.46. The Morgan fingerprint density at radius 3 is 2.46 bits per heavy atom. The van der Waals surface area contributed by atoms with Crippen LogP contribution in [0.5, 0.6) is 5.75 Å². The number of Topliss-reactive ketones (excluding diaryl/α,β-unsaturated/α-hetero) is 1. The Morgan fingerprint density at radius 1 is 1.05 bits per heavy atom. The largest absolute Gasteiger partial charge is 0.507 e. The van der Waals surface area contributed by atoms with E-state index >= 15 is 0 Å². The van der Waals surface area contributed by atoms with Crippen LogP contribution in [0.3, 0.4) is 0 Å². The van der Waals surface area contributed by atoms with Crippen molar-refractivity contribution in [3.8, 4) is 5.75 Å². The van der Waals surface area contributed by atoms with Crippen molar-refractivity contribution in [2.75, 3.05) is 26.2 Å². The quantitative estimate of drug-likeness (QED) is 0.247. The van der Waals surface area contributed by atoms with Crippen LogP contribution in [0, 0.1) is 6.92 Å². The molecule has 3 aromatic rings. The van der Waals surface area contributed by atoms with Gasteiger partial charge in [0.25, 0.3) is 11.7 Å². The third kappa shape index (κ3) is 5.89. The second-order valence-electron chi connectivity index (χ2n) is 9.11. The summed E-state index contributed by atoms with van der Waals surface area (Å²) in [7, 11) is 0. The molecule has 0 bridgehead atoms. The standard InChI is InChI=1S/C30H33N3O4/c1-4-32(5-2)16-17-33-27(24-10-7-15-31-19-24)26(29(35)30(33)36)28(34)23-11-13-25(14-12-23)37-20-22-9-6-8-21(3)18-22/h6-15,18-19,27,34H,4-5,16-17,20H2,1-3H3/b28-26+/t27-/m0/s1. The molecule has 2 aromatic carbocycles. The van der Waals surface area contributed by atoms with Crippen molar-refractivity contribution in [2.45, 2.75) is 33.4 Å². The molecule has 1 aliphatic rings. The monoisotopic (exact) mass is 499 g/mol. The zero-order valence-electron chi connectivity index (χ0n) is 21.6. The molecule has 1 saturated heterocycles. The molecule has 2 heterocycles. The lowest BCUT2D eigenvalue weighted by Gasteiger charge is -2.28. The number of aliphatic hydroxyl groups is 1. The Kier molecular flexibility index (Phi) is 8.36. The number of aliphatic hydroxyl groups excluding tert-OH is 1. The number of ether oxygens (including phenoxy) is 1. The van der Waals surface area contributed by atoms with Gasteiger partial charge in [-0.3, -0.25) is 14.6 Å². The van der Waals surface area contributed by atoms with E-state index in [1.807, 2.05) is 31.2 Å². The molecule has 4 rings (SSSR count). The fourth-order valence-corrected chi connectivity index (χ4v) is 4.62. The minimum Gasteiger partial charge on any atom is -0.507 e. The fraction of sp³-hybridized carbons (Fsp3) is 0.300. The lowest BCUT2D eigenvalue weighted by molar-refractivity contribution is -0.140. The summed E-state index contributed by atoms with van der Waals surface area (Å²) < 4.78 is 5.89. The van der Waals surface area contributed by atoms with Crippen molar-refractivity contribution in [3.05, 3.63) is 101 Å².